The highest BCUT2D eigenvalue weighted by atomic mass is 79.9. The first-order chi connectivity index (χ1) is 12.5. The molecule has 1 aliphatic carbocycles. The number of ether oxygens (including phenoxy) is 1. The van der Waals surface area contributed by atoms with Crippen molar-refractivity contribution in [2.45, 2.75) is 39.2 Å². The van der Waals surface area contributed by atoms with Gasteiger partial charge in [-0.25, -0.2) is 4.79 Å². The lowest BCUT2D eigenvalue weighted by molar-refractivity contribution is -0.142. The minimum absolute atomic E-state index is 0.192. The zero-order chi connectivity index (χ0) is 18.5. The van der Waals surface area contributed by atoms with Crippen LogP contribution >= 0.6 is 15.9 Å². The fourth-order valence-electron chi connectivity index (χ4n) is 3.62. The van der Waals surface area contributed by atoms with Crippen molar-refractivity contribution in [3.8, 4) is 11.3 Å². The lowest BCUT2D eigenvalue weighted by atomic mass is 9.82. The van der Waals surface area contributed by atoms with Gasteiger partial charge in [0.25, 0.3) is 0 Å². The summed E-state index contributed by atoms with van der Waals surface area (Å²) in [6, 6.07) is 10.2. The summed E-state index contributed by atoms with van der Waals surface area (Å²) in [7, 11) is 0. The van der Waals surface area contributed by atoms with Crippen LogP contribution in [0.3, 0.4) is 0 Å². The maximum absolute atomic E-state index is 10.5. The average Bonchev–Trinajstić information content (AvgIpc) is 2.92. The Hall–Kier alpha value is -1.66. The van der Waals surface area contributed by atoms with E-state index in [0.717, 1.165) is 53.7 Å². The molecular weight excluding hydrogens is 396 g/mol. The van der Waals surface area contributed by atoms with Crippen molar-refractivity contribution in [2.24, 2.45) is 11.8 Å². The van der Waals surface area contributed by atoms with E-state index in [1.54, 1.807) is 0 Å². The smallest absolute Gasteiger partial charge is 0.329 e. The minimum Gasteiger partial charge on any atom is -0.480 e. The molecule has 0 aliphatic heterocycles. The Labute approximate surface area is 162 Å². The maximum atomic E-state index is 10.5. The Morgan fingerprint density at radius 2 is 1.88 bits per heavy atom. The average molecular weight is 421 g/mol. The second kappa shape index (κ2) is 8.82. The van der Waals surface area contributed by atoms with Crippen molar-refractivity contribution in [1.82, 2.24) is 9.78 Å². The summed E-state index contributed by atoms with van der Waals surface area (Å²) in [6.07, 6.45) is 4.46. The van der Waals surface area contributed by atoms with E-state index in [0.29, 0.717) is 18.4 Å². The fraction of sp³-hybridized carbons (Fsp3) is 0.500. The Morgan fingerprint density at radius 3 is 2.54 bits per heavy atom. The van der Waals surface area contributed by atoms with E-state index in [4.69, 9.17) is 14.9 Å². The molecule has 140 valence electrons. The molecule has 1 heterocycles. The van der Waals surface area contributed by atoms with Gasteiger partial charge in [0, 0.05) is 12.1 Å². The molecule has 0 unspecified atom stereocenters. The van der Waals surface area contributed by atoms with Crippen LogP contribution < -0.4 is 0 Å². The zero-order valence-corrected chi connectivity index (χ0v) is 16.6. The molecule has 0 atom stereocenters. The summed E-state index contributed by atoms with van der Waals surface area (Å²) in [6.45, 7) is 3.40. The highest BCUT2D eigenvalue weighted by molar-refractivity contribution is 9.10. The highest BCUT2D eigenvalue weighted by Gasteiger charge is 2.23. The first kappa shape index (κ1) is 19.1. The third-order valence-corrected chi connectivity index (χ3v) is 6.11. The molecule has 1 fully saturated rings. The van der Waals surface area contributed by atoms with Gasteiger partial charge in [-0.1, -0.05) is 30.3 Å². The monoisotopic (exact) mass is 420 g/mol. The number of aliphatic carboxylic acids is 1. The Balaban J connectivity index is 1.56. The summed E-state index contributed by atoms with van der Waals surface area (Å²) in [5, 5.41) is 13.5. The molecule has 0 bridgehead atoms. The van der Waals surface area contributed by atoms with Crippen LogP contribution in [-0.4, -0.2) is 34.1 Å². The Kier molecular flexibility index (Phi) is 6.48. The summed E-state index contributed by atoms with van der Waals surface area (Å²) >= 11 is 3.70. The second-order valence-corrected chi connectivity index (χ2v) is 7.88. The van der Waals surface area contributed by atoms with Crippen LogP contribution in [0.1, 0.15) is 31.4 Å². The summed E-state index contributed by atoms with van der Waals surface area (Å²) in [5.74, 6) is 0.198. The van der Waals surface area contributed by atoms with Crippen LogP contribution in [0.4, 0.5) is 0 Å². The van der Waals surface area contributed by atoms with Crippen LogP contribution in [0.5, 0.6) is 0 Å². The van der Waals surface area contributed by atoms with Crippen molar-refractivity contribution in [2.75, 3.05) is 13.2 Å². The van der Waals surface area contributed by atoms with Crippen molar-refractivity contribution in [1.29, 1.82) is 0 Å². The molecule has 2 aromatic rings. The molecule has 1 aromatic heterocycles. The van der Waals surface area contributed by atoms with Gasteiger partial charge >= 0.3 is 5.97 Å². The first-order valence-corrected chi connectivity index (χ1v) is 9.91. The molecular formula is C20H25BrN2O3. The Morgan fingerprint density at radius 1 is 1.23 bits per heavy atom. The zero-order valence-electron chi connectivity index (χ0n) is 15.0. The van der Waals surface area contributed by atoms with E-state index < -0.39 is 5.97 Å². The summed E-state index contributed by atoms with van der Waals surface area (Å²) in [5.41, 5.74) is 3.29. The van der Waals surface area contributed by atoms with Gasteiger partial charge < -0.3 is 9.84 Å². The van der Waals surface area contributed by atoms with E-state index in [2.05, 4.69) is 39.7 Å². The number of halogens is 1. The highest BCUT2D eigenvalue weighted by Crippen LogP contribution is 2.33. The Bertz CT molecular complexity index is 737. The largest absolute Gasteiger partial charge is 0.480 e. The van der Waals surface area contributed by atoms with Gasteiger partial charge in [0.15, 0.2) is 0 Å². The van der Waals surface area contributed by atoms with E-state index >= 15 is 0 Å². The molecule has 1 aliphatic rings. The molecule has 26 heavy (non-hydrogen) atoms. The van der Waals surface area contributed by atoms with Crippen molar-refractivity contribution in [3.05, 3.63) is 40.5 Å². The van der Waals surface area contributed by atoms with Gasteiger partial charge in [-0.3, -0.25) is 4.68 Å². The predicted octanol–water partition coefficient (Wildman–Crippen LogP) is 4.53. The molecule has 0 spiro atoms. The topological polar surface area (TPSA) is 64.4 Å². The normalized spacial score (nSPS) is 20.2. The van der Waals surface area contributed by atoms with Crippen molar-refractivity contribution in [3.63, 3.8) is 0 Å². The number of rotatable bonds is 7. The number of nitrogens with zero attached hydrogens (tertiary/aromatic N) is 2. The third kappa shape index (κ3) is 4.74. The van der Waals surface area contributed by atoms with Gasteiger partial charge in [-0.2, -0.15) is 5.10 Å². The van der Waals surface area contributed by atoms with Gasteiger partial charge in [-0.05, 0) is 60.4 Å². The second-order valence-electron chi connectivity index (χ2n) is 7.09. The van der Waals surface area contributed by atoms with Crippen LogP contribution in [-0.2, 0) is 16.1 Å². The quantitative estimate of drug-likeness (QED) is 0.714. The standard InChI is InChI=1S/C20H25BrN2O3/c1-14-19(21)20(17-5-3-2-4-6-17)22-23(14)11-15-7-9-16(10-8-15)12-26-13-18(24)25/h2-6,15-16H,7-13H2,1H3,(H,24,25). The first-order valence-electron chi connectivity index (χ1n) is 9.12. The molecule has 6 heteroatoms. The fourth-order valence-corrected chi connectivity index (χ4v) is 4.13. The molecule has 1 N–H and O–H groups in total. The number of carbonyl (C=O) groups is 1. The lowest BCUT2D eigenvalue weighted by Gasteiger charge is -2.28. The van der Waals surface area contributed by atoms with E-state index in [1.807, 2.05) is 18.2 Å². The molecule has 3 rings (SSSR count). The molecule has 1 saturated carbocycles. The molecule has 1 aromatic carbocycles. The van der Waals surface area contributed by atoms with E-state index in [-0.39, 0.29) is 6.61 Å². The number of aromatic nitrogens is 2. The van der Waals surface area contributed by atoms with Crippen LogP contribution in [0.2, 0.25) is 0 Å². The van der Waals surface area contributed by atoms with Crippen molar-refractivity contribution >= 4 is 21.9 Å². The molecule has 0 radical (unpaired) electrons. The number of hydrogen-bond acceptors (Lipinski definition) is 3. The number of carboxylic acids is 1. The summed E-state index contributed by atoms with van der Waals surface area (Å²) < 4.78 is 8.44. The van der Waals surface area contributed by atoms with E-state index in [9.17, 15) is 4.79 Å². The molecule has 0 saturated heterocycles. The van der Waals surface area contributed by atoms with Crippen LogP contribution in [0, 0.1) is 18.8 Å². The van der Waals surface area contributed by atoms with Gasteiger partial charge in [0.1, 0.15) is 12.3 Å². The predicted molar refractivity (Wildman–Crippen MR) is 104 cm³/mol. The third-order valence-electron chi connectivity index (χ3n) is 5.16. The van der Waals surface area contributed by atoms with Crippen molar-refractivity contribution < 1.29 is 14.6 Å². The number of hydrogen-bond donors (Lipinski definition) is 1. The SMILES string of the molecule is Cc1c(Br)c(-c2ccccc2)nn1CC1CCC(COCC(=O)O)CC1. The van der Waals surface area contributed by atoms with Gasteiger partial charge in [0.05, 0.1) is 16.8 Å². The van der Waals surface area contributed by atoms with Gasteiger partial charge in [-0.15, -0.1) is 0 Å². The van der Waals surface area contributed by atoms with Crippen LogP contribution in [0.15, 0.2) is 34.8 Å². The van der Waals surface area contributed by atoms with Crippen LogP contribution in [0.25, 0.3) is 11.3 Å². The number of carboxylic acid groups (broad SMARTS) is 1. The molecule has 5 nitrogen and oxygen atoms in total. The summed E-state index contributed by atoms with van der Waals surface area (Å²) in [4.78, 5) is 10.5. The minimum atomic E-state index is -0.896. The van der Waals surface area contributed by atoms with Gasteiger partial charge in [0.2, 0.25) is 0 Å². The lowest BCUT2D eigenvalue weighted by Crippen LogP contribution is -2.23. The maximum Gasteiger partial charge on any atom is 0.329 e. The molecule has 0 amide bonds. The van der Waals surface area contributed by atoms with E-state index in [1.165, 1.54) is 0 Å². The number of benzene rings is 1.